The molecule has 8 heteroatoms. The first-order valence-electron chi connectivity index (χ1n) is 7.64. The monoisotopic (exact) mass is 317 g/mol. The second kappa shape index (κ2) is 6.23. The molecule has 122 valence electrons. The number of amides is 1. The van der Waals surface area contributed by atoms with Gasteiger partial charge in [-0.15, -0.1) is 0 Å². The predicted molar refractivity (Wildman–Crippen MR) is 81.1 cm³/mol. The molecule has 3 rings (SSSR count). The number of hydrogen-bond acceptors (Lipinski definition) is 4. The van der Waals surface area contributed by atoms with Gasteiger partial charge in [0.2, 0.25) is 5.91 Å². The first kappa shape index (κ1) is 15.3. The van der Waals surface area contributed by atoms with E-state index in [0.29, 0.717) is 19.0 Å². The molecule has 0 bridgehead atoms. The van der Waals surface area contributed by atoms with Gasteiger partial charge < -0.3 is 10.4 Å². The highest BCUT2D eigenvalue weighted by Crippen LogP contribution is 2.38. The number of aromatic carboxylic acids is 1. The average molecular weight is 317 g/mol. The van der Waals surface area contributed by atoms with Crippen LogP contribution >= 0.6 is 0 Å². The molecule has 0 aromatic carbocycles. The first-order chi connectivity index (χ1) is 11.0. The van der Waals surface area contributed by atoms with Gasteiger partial charge in [0, 0.05) is 24.9 Å². The van der Waals surface area contributed by atoms with Crippen LogP contribution in [-0.4, -0.2) is 43.1 Å². The van der Waals surface area contributed by atoms with Crippen molar-refractivity contribution in [3.8, 4) is 0 Å². The molecular weight excluding hydrogens is 298 g/mol. The van der Waals surface area contributed by atoms with E-state index in [1.54, 1.807) is 6.92 Å². The minimum Gasteiger partial charge on any atom is -0.476 e. The lowest BCUT2D eigenvalue weighted by Crippen LogP contribution is -2.33. The van der Waals surface area contributed by atoms with Gasteiger partial charge >= 0.3 is 5.97 Å². The van der Waals surface area contributed by atoms with Crippen molar-refractivity contribution in [2.75, 3.05) is 6.54 Å². The number of nitrogens with one attached hydrogen (secondary N) is 1. The topological polar surface area (TPSA) is 102 Å². The van der Waals surface area contributed by atoms with E-state index in [4.69, 9.17) is 5.11 Å². The molecule has 8 nitrogen and oxygen atoms in total. The number of rotatable bonds is 7. The largest absolute Gasteiger partial charge is 0.476 e. The zero-order chi connectivity index (χ0) is 16.4. The smallest absolute Gasteiger partial charge is 0.356 e. The number of carbonyl (C=O) groups excluding carboxylic acids is 1. The summed E-state index contributed by atoms with van der Waals surface area (Å²) in [5.74, 6) is -0.699. The quantitative estimate of drug-likeness (QED) is 0.794. The van der Waals surface area contributed by atoms with Crippen molar-refractivity contribution in [3.63, 3.8) is 0 Å². The molecule has 23 heavy (non-hydrogen) atoms. The summed E-state index contributed by atoms with van der Waals surface area (Å²) in [7, 11) is 0. The lowest BCUT2D eigenvalue weighted by Gasteiger charge is -2.12. The maximum atomic E-state index is 12.1. The summed E-state index contributed by atoms with van der Waals surface area (Å²) in [4.78, 5) is 22.9. The summed E-state index contributed by atoms with van der Waals surface area (Å²) in [6.45, 7) is 2.74. The highest BCUT2D eigenvalue weighted by atomic mass is 16.4. The van der Waals surface area contributed by atoms with E-state index < -0.39 is 12.0 Å². The molecule has 1 unspecified atom stereocenters. The summed E-state index contributed by atoms with van der Waals surface area (Å²) in [5.41, 5.74) is 1.05. The third-order valence-corrected chi connectivity index (χ3v) is 3.90. The fourth-order valence-electron chi connectivity index (χ4n) is 2.33. The Morgan fingerprint density at radius 3 is 2.78 bits per heavy atom. The number of aromatic nitrogens is 4. The van der Waals surface area contributed by atoms with E-state index in [9.17, 15) is 9.59 Å². The summed E-state index contributed by atoms with van der Waals surface area (Å²) in [6, 6.07) is 2.83. The second-order valence-corrected chi connectivity index (χ2v) is 5.73. The minimum atomic E-state index is -1.11. The molecule has 0 aliphatic heterocycles. The molecule has 1 amide bonds. The van der Waals surface area contributed by atoms with Gasteiger partial charge in [-0.1, -0.05) is 0 Å². The Balaban J connectivity index is 1.48. The van der Waals surface area contributed by atoms with Crippen molar-refractivity contribution in [3.05, 3.63) is 35.9 Å². The summed E-state index contributed by atoms with van der Waals surface area (Å²) < 4.78 is 3.17. The minimum absolute atomic E-state index is 0.0752. The molecule has 1 fully saturated rings. The second-order valence-electron chi connectivity index (χ2n) is 5.73. The Kier molecular flexibility index (Phi) is 4.14. The fraction of sp³-hybridized carbons (Fsp3) is 0.467. The molecule has 2 aromatic rings. The molecule has 1 aliphatic carbocycles. The Bertz CT molecular complexity index is 716. The molecule has 2 heterocycles. The molecular formula is C15H19N5O3. The summed E-state index contributed by atoms with van der Waals surface area (Å²) in [5, 5.41) is 20.0. The number of carbonyl (C=O) groups is 2. The molecule has 1 aliphatic rings. The Morgan fingerprint density at radius 1 is 1.35 bits per heavy atom. The zero-order valence-corrected chi connectivity index (χ0v) is 12.8. The van der Waals surface area contributed by atoms with Crippen LogP contribution in [0.4, 0.5) is 0 Å². The van der Waals surface area contributed by atoms with E-state index in [0.717, 1.165) is 5.69 Å². The van der Waals surface area contributed by atoms with Crippen LogP contribution in [0.1, 0.15) is 47.9 Å². The van der Waals surface area contributed by atoms with Crippen molar-refractivity contribution in [1.29, 1.82) is 0 Å². The van der Waals surface area contributed by atoms with Gasteiger partial charge in [-0.2, -0.15) is 10.2 Å². The van der Waals surface area contributed by atoms with E-state index in [1.807, 2.05) is 16.9 Å². The van der Waals surface area contributed by atoms with Crippen LogP contribution < -0.4 is 5.32 Å². The van der Waals surface area contributed by atoms with Gasteiger partial charge in [0.1, 0.15) is 6.04 Å². The number of carboxylic acid groups (broad SMARTS) is 1. The van der Waals surface area contributed by atoms with Crippen LogP contribution in [0.25, 0.3) is 0 Å². The highest BCUT2D eigenvalue weighted by molar-refractivity contribution is 5.85. The van der Waals surface area contributed by atoms with Crippen LogP contribution in [0.5, 0.6) is 0 Å². The normalized spacial score (nSPS) is 15.3. The van der Waals surface area contributed by atoms with Crippen LogP contribution in [0, 0.1) is 0 Å². The molecule has 0 spiro atoms. The lowest BCUT2D eigenvalue weighted by molar-refractivity contribution is -0.124. The molecule has 2 aromatic heterocycles. The standard InChI is InChI=1S/C15H19N5O3/c1-10(20-8-5-13(18-20)15(22)23)14(21)16-6-9-19-7-4-12(17-19)11-2-3-11/h4-5,7-8,10-11H,2-3,6,9H2,1H3,(H,16,21)(H,22,23). The van der Waals surface area contributed by atoms with Crippen molar-refractivity contribution >= 4 is 11.9 Å². The number of nitrogens with zero attached hydrogens (tertiary/aromatic N) is 4. The highest BCUT2D eigenvalue weighted by Gasteiger charge is 2.25. The molecule has 1 saturated carbocycles. The van der Waals surface area contributed by atoms with Crippen LogP contribution in [0.15, 0.2) is 24.5 Å². The Hall–Kier alpha value is -2.64. The van der Waals surface area contributed by atoms with Crippen LogP contribution in [0.2, 0.25) is 0 Å². The molecule has 1 atom stereocenters. The Morgan fingerprint density at radius 2 is 2.13 bits per heavy atom. The SMILES string of the molecule is CC(C(=O)NCCn1ccc(C2CC2)n1)n1ccc(C(=O)O)n1. The Labute approximate surface area is 133 Å². The maximum Gasteiger partial charge on any atom is 0.356 e. The van der Waals surface area contributed by atoms with E-state index in [1.165, 1.54) is 29.8 Å². The van der Waals surface area contributed by atoms with E-state index in [2.05, 4.69) is 15.5 Å². The third-order valence-electron chi connectivity index (χ3n) is 3.90. The summed E-state index contributed by atoms with van der Waals surface area (Å²) >= 11 is 0. The van der Waals surface area contributed by atoms with Crippen molar-refractivity contribution in [2.45, 2.75) is 38.3 Å². The molecule has 0 saturated heterocycles. The average Bonchev–Trinajstić information content (AvgIpc) is 3.07. The fourth-order valence-corrected chi connectivity index (χ4v) is 2.33. The third kappa shape index (κ3) is 3.58. The zero-order valence-electron chi connectivity index (χ0n) is 12.8. The van der Waals surface area contributed by atoms with Gasteiger partial charge in [0.15, 0.2) is 5.69 Å². The number of carboxylic acids is 1. The van der Waals surface area contributed by atoms with Crippen molar-refractivity contribution < 1.29 is 14.7 Å². The lowest BCUT2D eigenvalue weighted by atomic mass is 10.3. The van der Waals surface area contributed by atoms with Crippen LogP contribution in [0.3, 0.4) is 0 Å². The van der Waals surface area contributed by atoms with Gasteiger partial charge in [-0.3, -0.25) is 14.2 Å². The molecule has 2 N–H and O–H groups in total. The number of hydrogen-bond donors (Lipinski definition) is 2. The van der Waals surface area contributed by atoms with E-state index >= 15 is 0 Å². The van der Waals surface area contributed by atoms with Crippen LogP contribution in [-0.2, 0) is 11.3 Å². The first-order valence-corrected chi connectivity index (χ1v) is 7.64. The van der Waals surface area contributed by atoms with Crippen molar-refractivity contribution in [1.82, 2.24) is 24.9 Å². The van der Waals surface area contributed by atoms with Gasteiger partial charge in [0.05, 0.1) is 12.2 Å². The summed E-state index contributed by atoms with van der Waals surface area (Å²) in [6.07, 6.45) is 5.85. The van der Waals surface area contributed by atoms with Gasteiger partial charge in [-0.05, 0) is 31.9 Å². The van der Waals surface area contributed by atoms with Crippen molar-refractivity contribution in [2.24, 2.45) is 0 Å². The maximum absolute atomic E-state index is 12.1. The van der Waals surface area contributed by atoms with Gasteiger partial charge in [0.25, 0.3) is 0 Å². The predicted octanol–water partition coefficient (Wildman–Crippen LogP) is 1.03. The van der Waals surface area contributed by atoms with E-state index in [-0.39, 0.29) is 11.6 Å². The van der Waals surface area contributed by atoms with Gasteiger partial charge in [-0.25, -0.2) is 4.79 Å². The molecule has 0 radical (unpaired) electrons.